The van der Waals surface area contributed by atoms with E-state index < -0.39 is 5.82 Å². The number of piperazine rings is 1. The monoisotopic (exact) mass is 359 g/mol. The lowest BCUT2D eigenvalue weighted by Crippen LogP contribution is -2.47. The highest BCUT2D eigenvalue weighted by atomic mass is 35.5. The molecule has 0 saturated carbocycles. The van der Waals surface area contributed by atoms with Crippen molar-refractivity contribution in [3.8, 4) is 0 Å². The van der Waals surface area contributed by atoms with E-state index in [-0.39, 0.29) is 10.9 Å². The number of pyridine rings is 1. The van der Waals surface area contributed by atoms with Gasteiger partial charge in [0.15, 0.2) is 0 Å². The quantitative estimate of drug-likeness (QED) is 0.786. The Morgan fingerprint density at radius 3 is 2.56 bits per heavy atom. The maximum atomic E-state index is 13.1. The normalized spacial score (nSPS) is 15.7. The molecule has 0 N–H and O–H groups in total. The fraction of sp³-hybridized carbons (Fsp3) is 0.263. The first-order valence-electron chi connectivity index (χ1n) is 8.15. The Morgan fingerprint density at radius 1 is 1.16 bits per heavy atom. The number of hydrogen-bond acceptors (Lipinski definition) is 3. The van der Waals surface area contributed by atoms with Crippen molar-refractivity contribution in [2.45, 2.75) is 6.54 Å². The zero-order chi connectivity index (χ0) is 17.6. The molecule has 0 spiro atoms. The molecule has 0 atom stereocenters. The van der Waals surface area contributed by atoms with E-state index >= 15 is 0 Å². The van der Waals surface area contributed by atoms with Gasteiger partial charge in [-0.2, -0.15) is 0 Å². The zero-order valence-electron chi connectivity index (χ0n) is 13.7. The van der Waals surface area contributed by atoms with Gasteiger partial charge in [-0.25, -0.2) is 4.39 Å². The van der Waals surface area contributed by atoms with Gasteiger partial charge in [-0.15, -0.1) is 0 Å². The van der Waals surface area contributed by atoms with Gasteiger partial charge in [0.25, 0.3) is 0 Å². The number of aromatic nitrogens is 1. The minimum atomic E-state index is -0.463. The van der Waals surface area contributed by atoms with Crippen LogP contribution in [-0.2, 0) is 11.3 Å². The van der Waals surface area contributed by atoms with Crippen LogP contribution in [0.25, 0.3) is 6.08 Å². The van der Waals surface area contributed by atoms with Gasteiger partial charge in [0.2, 0.25) is 5.91 Å². The number of halogens is 2. The van der Waals surface area contributed by atoms with Crippen LogP contribution in [0, 0.1) is 5.82 Å². The molecule has 1 saturated heterocycles. The molecular formula is C19H19ClFN3O. The number of nitrogens with zero attached hydrogens (tertiary/aromatic N) is 3. The average molecular weight is 360 g/mol. The SMILES string of the molecule is O=C(/C=C/c1ccc(F)c(Cl)c1)N1CCN(Cc2ccncc2)CC1. The molecule has 25 heavy (non-hydrogen) atoms. The summed E-state index contributed by atoms with van der Waals surface area (Å²) in [7, 11) is 0. The summed E-state index contributed by atoms with van der Waals surface area (Å²) >= 11 is 5.75. The minimum absolute atomic E-state index is 0.0380. The van der Waals surface area contributed by atoms with E-state index in [4.69, 9.17) is 11.6 Å². The molecule has 1 amide bonds. The number of carbonyl (C=O) groups is 1. The molecule has 1 aromatic heterocycles. The van der Waals surface area contributed by atoms with Crippen molar-refractivity contribution in [2.75, 3.05) is 26.2 Å². The third-order valence-corrected chi connectivity index (χ3v) is 4.49. The highest BCUT2D eigenvalue weighted by Crippen LogP contribution is 2.17. The predicted molar refractivity (Wildman–Crippen MR) is 96.5 cm³/mol. The molecular weight excluding hydrogens is 341 g/mol. The average Bonchev–Trinajstić information content (AvgIpc) is 2.64. The minimum Gasteiger partial charge on any atom is -0.337 e. The lowest BCUT2D eigenvalue weighted by atomic mass is 10.2. The third-order valence-electron chi connectivity index (χ3n) is 4.20. The van der Waals surface area contributed by atoms with Crippen molar-refractivity contribution in [1.29, 1.82) is 0 Å². The van der Waals surface area contributed by atoms with Crippen LogP contribution in [-0.4, -0.2) is 46.9 Å². The molecule has 1 aromatic carbocycles. The Balaban J connectivity index is 1.51. The van der Waals surface area contributed by atoms with Gasteiger partial charge in [-0.1, -0.05) is 17.7 Å². The van der Waals surface area contributed by atoms with Crippen LogP contribution in [0.5, 0.6) is 0 Å². The molecule has 2 aromatic rings. The maximum absolute atomic E-state index is 13.1. The first-order valence-corrected chi connectivity index (χ1v) is 8.53. The lowest BCUT2D eigenvalue weighted by molar-refractivity contribution is -0.127. The van der Waals surface area contributed by atoms with Crippen LogP contribution in [0.2, 0.25) is 5.02 Å². The first kappa shape index (κ1) is 17.6. The molecule has 0 aliphatic carbocycles. The maximum Gasteiger partial charge on any atom is 0.246 e. The summed E-state index contributed by atoms with van der Waals surface area (Å²) in [6, 6.07) is 8.41. The van der Waals surface area contributed by atoms with Gasteiger partial charge in [0, 0.05) is 51.2 Å². The summed E-state index contributed by atoms with van der Waals surface area (Å²) in [5.74, 6) is -0.500. The second-order valence-electron chi connectivity index (χ2n) is 5.96. The molecule has 2 heterocycles. The summed E-state index contributed by atoms with van der Waals surface area (Å²) in [5.41, 5.74) is 1.93. The summed E-state index contributed by atoms with van der Waals surface area (Å²) < 4.78 is 13.1. The van der Waals surface area contributed by atoms with E-state index in [1.807, 2.05) is 17.0 Å². The van der Waals surface area contributed by atoms with Gasteiger partial charge < -0.3 is 4.90 Å². The summed E-state index contributed by atoms with van der Waals surface area (Å²) in [4.78, 5) is 20.5. The highest BCUT2D eigenvalue weighted by molar-refractivity contribution is 6.30. The van der Waals surface area contributed by atoms with Gasteiger partial charge in [-0.3, -0.25) is 14.7 Å². The van der Waals surface area contributed by atoms with Crippen LogP contribution in [0.3, 0.4) is 0 Å². The first-order chi connectivity index (χ1) is 12.1. The molecule has 1 aliphatic heterocycles. The van der Waals surface area contributed by atoms with Crippen LogP contribution < -0.4 is 0 Å². The van der Waals surface area contributed by atoms with Gasteiger partial charge in [0.1, 0.15) is 5.82 Å². The molecule has 1 aliphatic rings. The molecule has 1 fully saturated rings. The molecule has 4 nitrogen and oxygen atoms in total. The topological polar surface area (TPSA) is 36.4 Å². The molecule has 6 heteroatoms. The predicted octanol–water partition coefficient (Wildman–Crippen LogP) is 3.23. The van der Waals surface area contributed by atoms with E-state index in [1.165, 1.54) is 23.8 Å². The number of benzene rings is 1. The van der Waals surface area contributed by atoms with E-state index in [2.05, 4.69) is 9.88 Å². The third kappa shape index (κ3) is 4.87. The lowest BCUT2D eigenvalue weighted by Gasteiger charge is -2.34. The molecule has 0 bridgehead atoms. The summed E-state index contributed by atoms with van der Waals surface area (Å²) in [6.07, 6.45) is 6.77. The second-order valence-corrected chi connectivity index (χ2v) is 6.37. The van der Waals surface area contributed by atoms with E-state index in [9.17, 15) is 9.18 Å². The fourth-order valence-electron chi connectivity index (χ4n) is 2.76. The zero-order valence-corrected chi connectivity index (χ0v) is 14.5. The van der Waals surface area contributed by atoms with Crippen molar-refractivity contribution >= 4 is 23.6 Å². The van der Waals surface area contributed by atoms with Crippen LogP contribution >= 0.6 is 11.6 Å². The Labute approximate surface area is 151 Å². The Kier molecular flexibility index (Phi) is 5.79. The molecule has 3 rings (SSSR count). The largest absolute Gasteiger partial charge is 0.337 e. The van der Waals surface area contributed by atoms with Gasteiger partial charge in [-0.05, 0) is 41.5 Å². The van der Waals surface area contributed by atoms with Crippen LogP contribution in [0.1, 0.15) is 11.1 Å². The molecule has 0 unspecified atom stereocenters. The fourth-order valence-corrected chi connectivity index (χ4v) is 2.95. The smallest absolute Gasteiger partial charge is 0.246 e. The number of rotatable bonds is 4. The Hall–Kier alpha value is -2.24. The van der Waals surface area contributed by atoms with Crippen LogP contribution in [0.4, 0.5) is 4.39 Å². The van der Waals surface area contributed by atoms with Crippen molar-refractivity contribution in [3.05, 3.63) is 70.8 Å². The van der Waals surface area contributed by atoms with Crippen molar-refractivity contribution < 1.29 is 9.18 Å². The standard InChI is InChI=1S/C19H19ClFN3O/c20-17-13-15(1-3-18(17)21)2-4-19(25)24-11-9-23(10-12-24)14-16-5-7-22-8-6-16/h1-8,13H,9-12,14H2/b4-2+. The number of carbonyl (C=O) groups excluding carboxylic acids is 1. The molecule has 0 radical (unpaired) electrons. The van der Waals surface area contributed by atoms with E-state index in [1.54, 1.807) is 24.5 Å². The summed E-state index contributed by atoms with van der Waals surface area (Å²) in [5, 5.41) is 0.0549. The van der Waals surface area contributed by atoms with Gasteiger partial charge >= 0.3 is 0 Å². The van der Waals surface area contributed by atoms with Crippen molar-refractivity contribution in [3.63, 3.8) is 0 Å². The Morgan fingerprint density at radius 2 is 1.88 bits per heavy atom. The Bertz CT molecular complexity index is 759. The van der Waals surface area contributed by atoms with Crippen molar-refractivity contribution in [1.82, 2.24) is 14.8 Å². The van der Waals surface area contributed by atoms with Gasteiger partial charge in [0.05, 0.1) is 5.02 Å². The summed E-state index contributed by atoms with van der Waals surface area (Å²) in [6.45, 7) is 3.93. The van der Waals surface area contributed by atoms with Crippen molar-refractivity contribution in [2.24, 2.45) is 0 Å². The second kappa shape index (κ2) is 8.23. The number of hydrogen-bond donors (Lipinski definition) is 0. The molecule has 130 valence electrons. The van der Waals surface area contributed by atoms with Crippen LogP contribution in [0.15, 0.2) is 48.8 Å². The van der Waals surface area contributed by atoms with E-state index in [0.717, 1.165) is 19.6 Å². The number of amides is 1. The highest BCUT2D eigenvalue weighted by Gasteiger charge is 2.19. The van der Waals surface area contributed by atoms with E-state index in [0.29, 0.717) is 18.7 Å².